The number of esters is 1. The molecule has 10 heteroatoms. The number of allylic oxidation sites excluding steroid dienone is 1. The van der Waals surface area contributed by atoms with E-state index in [1.54, 1.807) is 31.2 Å². The summed E-state index contributed by atoms with van der Waals surface area (Å²) in [6.45, 7) is 1.89. The maximum atomic E-state index is 13.9. The molecule has 0 aliphatic carbocycles. The second kappa shape index (κ2) is 9.41. The predicted molar refractivity (Wildman–Crippen MR) is 104 cm³/mol. The first kappa shape index (κ1) is 20.6. The highest BCUT2D eigenvalue weighted by molar-refractivity contribution is 6.08. The van der Waals surface area contributed by atoms with Crippen LogP contribution in [0, 0.1) is 11.2 Å². The highest BCUT2D eigenvalue weighted by Gasteiger charge is 2.17. The number of benzene rings is 1. The Labute approximate surface area is 170 Å². The van der Waals surface area contributed by atoms with E-state index in [9.17, 15) is 14.3 Å². The number of halogens is 1. The Morgan fingerprint density at radius 2 is 2.17 bits per heavy atom. The van der Waals surface area contributed by atoms with Crippen molar-refractivity contribution in [3.05, 3.63) is 77.3 Å². The van der Waals surface area contributed by atoms with Crippen LogP contribution in [0.1, 0.15) is 34.4 Å². The molecule has 0 aliphatic heterocycles. The van der Waals surface area contributed by atoms with Gasteiger partial charge in [-0.25, -0.2) is 14.2 Å². The van der Waals surface area contributed by atoms with Gasteiger partial charge in [-0.15, -0.1) is 0 Å². The zero-order valence-corrected chi connectivity index (χ0v) is 15.9. The van der Waals surface area contributed by atoms with Crippen LogP contribution in [0.3, 0.4) is 0 Å². The van der Waals surface area contributed by atoms with Crippen molar-refractivity contribution in [2.75, 3.05) is 6.61 Å². The van der Waals surface area contributed by atoms with Gasteiger partial charge >= 0.3 is 5.97 Å². The van der Waals surface area contributed by atoms with Gasteiger partial charge in [0.15, 0.2) is 5.82 Å². The van der Waals surface area contributed by atoms with E-state index in [0.29, 0.717) is 17.0 Å². The lowest BCUT2D eigenvalue weighted by atomic mass is 10.2. The van der Waals surface area contributed by atoms with Crippen LogP contribution >= 0.6 is 0 Å². The molecule has 0 aliphatic rings. The molecule has 1 aromatic carbocycles. The van der Waals surface area contributed by atoms with E-state index in [-0.39, 0.29) is 36.1 Å². The number of rotatable bonds is 8. The van der Waals surface area contributed by atoms with Gasteiger partial charge in [-0.1, -0.05) is 23.4 Å². The Kier molecular flexibility index (Phi) is 6.48. The summed E-state index contributed by atoms with van der Waals surface area (Å²) in [6, 6.07) is 7.84. The normalized spacial score (nSPS) is 11.2. The van der Waals surface area contributed by atoms with Gasteiger partial charge in [-0.05, 0) is 19.1 Å². The molecule has 30 heavy (non-hydrogen) atoms. The molecule has 0 unspecified atom stereocenters. The van der Waals surface area contributed by atoms with E-state index < -0.39 is 11.8 Å². The molecular formula is C20H18FN5O4. The second-order valence-electron chi connectivity index (χ2n) is 5.95. The Morgan fingerprint density at radius 1 is 1.37 bits per heavy atom. The van der Waals surface area contributed by atoms with Crippen molar-refractivity contribution in [3.63, 3.8) is 0 Å². The van der Waals surface area contributed by atoms with Gasteiger partial charge in [-0.3, -0.25) is 5.41 Å². The third kappa shape index (κ3) is 4.85. The van der Waals surface area contributed by atoms with Crippen molar-refractivity contribution in [1.82, 2.24) is 20.4 Å². The standard InChI is InChI=1S/C20H18FN5O4/c1-2-29-20(28)13-11-24-18(25-19(13)27)15(22)9-17(16-7-8-30-26-16)23-10-12-5-3-4-6-14(12)21/h3-9,11,22-23H,2,10H2,1H3,(H,24,25,27)/b17-9-,22-15?. The van der Waals surface area contributed by atoms with E-state index in [4.69, 9.17) is 14.7 Å². The van der Waals surface area contributed by atoms with Crippen LogP contribution in [0.25, 0.3) is 5.70 Å². The average molecular weight is 411 g/mol. The molecule has 3 rings (SSSR count). The van der Waals surface area contributed by atoms with Gasteiger partial charge < -0.3 is 19.7 Å². The number of aromatic hydroxyl groups is 1. The SMILES string of the molecule is CCOC(=O)c1cnc(C(=N)/C=C(\NCc2ccccc2F)c2ccon2)nc1O. The lowest BCUT2D eigenvalue weighted by Crippen LogP contribution is -2.16. The first-order chi connectivity index (χ1) is 14.5. The molecule has 3 aromatic rings. The number of hydrogen-bond donors (Lipinski definition) is 3. The maximum absolute atomic E-state index is 13.9. The highest BCUT2D eigenvalue weighted by Crippen LogP contribution is 2.16. The number of ether oxygens (including phenoxy) is 1. The molecule has 0 saturated heterocycles. The lowest BCUT2D eigenvalue weighted by molar-refractivity contribution is 0.0521. The van der Waals surface area contributed by atoms with E-state index in [1.165, 1.54) is 18.4 Å². The monoisotopic (exact) mass is 411 g/mol. The minimum atomic E-state index is -0.765. The summed E-state index contributed by atoms with van der Waals surface area (Å²) in [5.41, 5.74) is 0.774. The summed E-state index contributed by atoms with van der Waals surface area (Å²) in [6.07, 6.45) is 3.80. The van der Waals surface area contributed by atoms with Crippen molar-refractivity contribution >= 4 is 17.4 Å². The van der Waals surface area contributed by atoms with Crippen LogP contribution in [0.4, 0.5) is 4.39 Å². The molecule has 9 nitrogen and oxygen atoms in total. The van der Waals surface area contributed by atoms with Crippen molar-refractivity contribution in [3.8, 4) is 5.88 Å². The molecule has 2 aromatic heterocycles. The summed E-state index contributed by atoms with van der Waals surface area (Å²) >= 11 is 0. The minimum Gasteiger partial charge on any atom is -0.493 e. The Morgan fingerprint density at radius 3 is 2.83 bits per heavy atom. The van der Waals surface area contributed by atoms with Crippen molar-refractivity contribution in [2.45, 2.75) is 13.5 Å². The summed E-state index contributed by atoms with van der Waals surface area (Å²) < 4.78 is 23.5. The molecule has 0 amide bonds. The van der Waals surface area contributed by atoms with E-state index in [1.807, 2.05) is 0 Å². The number of hydrogen-bond acceptors (Lipinski definition) is 9. The van der Waals surface area contributed by atoms with Gasteiger partial charge in [-0.2, -0.15) is 4.98 Å². The molecule has 0 fully saturated rings. The summed E-state index contributed by atoms with van der Waals surface area (Å²) in [5.74, 6) is -1.87. The van der Waals surface area contributed by atoms with Crippen LogP contribution in [0.5, 0.6) is 5.88 Å². The zero-order chi connectivity index (χ0) is 21.5. The van der Waals surface area contributed by atoms with Crippen LogP contribution in [-0.4, -0.2) is 38.5 Å². The molecule has 3 N–H and O–H groups in total. The van der Waals surface area contributed by atoms with Gasteiger partial charge in [0.2, 0.25) is 5.88 Å². The topological polar surface area (TPSA) is 134 Å². The number of carbonyl (C=O) groups excluding carboxylic acids is 1. The Bertz CT molecular complexity index is 1080. The van der Waals surface area contributed by atoms with Crippen molar-refractivity contribution < 1.29 is 23.6 Å². The third-order valence-electron chi connectivity index (χ3n) is 3.93. The third-order valence-corrected chi connectivity index (χ3v) is 3.93. The quantitative estimate of drug-likeness (QED) is 0.380. The first-order valence-corrected chi connectivity index (χ1v) is 8.91. The smallest absolute Gasteiger partial charge is 0.345 e. The summed E-state index contributed by atoms with van der Waals surface area (Å²) in [5, 5.41) is 25.1. The van der Waals surface area contributed by atoms with Gasteiger partial charge in [0.1, 0.15) is 29.0 Å². The lowest BCUT2D eigenvalue weighted by Gasteiger charge is -2.10. The average Bonchev–Trinajstić information content (AvgIpc) is 3.26. The molecule has 0 bridgehead atoms. The molecule has 2 heterocycles. The fourth-order valence-corrected chi connectivity index (χ4v) is 2.46. The molecule has 154 valence electrons. The summed E-state index contributed by atoms with van der Waals surface area (Å²) in [4.78, 5) is 19.5. The summed E-state index contributed by atoms with van der Waals surface area (Å²) in [7, 11) is 0. The fourth-order valence-electron chi connectivity index (χ4n) is 2.46. The van der Waals surface area contributed by atoms with Crippen molar-refractivity contribution in [1.29, 1.82) is 5.41 Å². The molecule has 0 saturated carbocycles. The maximum Gasteiger partial charge on any atom is 0.345 e. The van der Waals surface area contributed by atoms with Crippen molar-refractivity contribution in [2.24, 2.45) is 0 Å². The fraction of sp³-hybridized carbons (Fsp3) is 0.150. The largest absolute Gasteiger partial charge is 0.493 e. The van der Waals surface area contributed by atoms with Crippen LogP contribution in [0.2, 0.25) is 0 Å². The predicted octanol–water partition coefficient (Wildman–Crippen LogP) is 2.68. The molecule has 0 radical (unpaired) electrons. The van der Waals surface area contributed by atoms with E-state index in [2.05, 4.69) is 20.4 Å². The van der Waals surface area contributed by atoms with Crippen LogP contribution in [0.15, 0.2) is 53.4 Å². The first-order valence-electron chi connectivity index (χ1n) is 8.91. The second-order valence-corrected chi connectivity index (χ2v) is 5.95. The van der Waals surface area contributed by atoms with Crippen LogP contribution < -0.4 is 5.32 Å². The van der Waals surface area contributed by atoms with Gasteiger partial charge in [0.25, 0.3) is 0 Å². The Balaban J connectivity index is 1.84. The van der Waals surface area contributed by atoms with Crippen LogP contribution in [-0.2, 0) is 11.3 Å². The van der Waals surface area contributed by atoms with Gasteiger partial charge in [0, 0.05) is 24.4 Å². The number of nitrogens with zero attached hydrogens (tertiary/aromatic N) is 3. The molecule has 0 spiro atoms. The minimum absolute atomic E-state index is 0.130. The highest BCUT2D eigenvalue weighted by atomic mass is 19.1. The van der Waals surface area contributed by atoms with E-state index >= 15 is 0 Å². The van der Waals surface area contributed by atoms with Gasteiger partial charge in [0.05, 0.1) is 12.3 Å². The molecule has 0 atom stereocenters. The Hall–Kier alpha value is -4.08. The molecular weight excluding hydrogens is 393 g/mol. The zero-order valence-electron chi connectivity index (χ0n) is 15.9. The number of nitrogens with one attached hydrogen (secondary N) is 2. The number of aromatic nitrogens is 3. The number of carbonyl (C=O) groups is 1. The van der Waals surface area contributed by atoms with E-state index in [0.717, 1.165) is 6.20 Å².